The van der Waals surface area contributed by atoms with E-state index in [2.05, 4.69) is 9.71 Å². The maximum absolute atomic E-state index is 12.0. The smallest absolute Gasteiger partial charge is 0.363 e. The predicted molar refractivity (Wildman–Crippen MR) is 67.0 cm³/mol. The zero-order valence-corrected chi connectivity index (χ0v) is 11.3. The van der Waals surface area contributed by atoms with Crippen LogP contribution in [0.1, 0.15) is 20.3 Å². The molecule has 1 aromatic rings. The Morgan fingerprint density at radius 3 is 2.53 bits per heavy atom. The highest BCUT2D eigenvalue weighted by Gasteiger charge is 2.27. The Labute approximate surface area is 110 Å². The maximum atomic E-state index is 12.0. The Hall–Kier alpha value is -1.58. The summed E-state index contributed by atoms with van der Waals surface area (Å²) in [5.74, 6) is -0.423. The fourth-order valence-corrected chi connectivity index (χ4v) is 2.78. The molecule has 0 atom stereocenters. The Morgan fingerprint density at radius 2 is 2.11 bits per heavy atom. The van der Waals surface area contributed by atoms with Gasteiger partial charge in [0.2, 0.25) is 10.0 Å². The van der Waals surface area contributed by atoms with Crippen molar-refractivity contribution >= 4 is 15.8 Å². The first-order valence-electron chi connectivity index (χ1n) is 5.43. The summed E-state index contributed by atoms with van der Waals surface area (Å²) in [6.07, 6.45) is 1.17. The summed E-state index contributed by atoms with van der Waals surface area (Å²) in [5, 5.41) is 19.3. The molecule has 9 heteroatoms. The van der Waals surface area contributed by atoms with Crippen LogP contribution >= 0.6 is 0 Å². The molecule has 0 radical (unpaired) electrons. The fourth-order valence-electron chi connectivity index (χ4n) is 1.39. The molecule has 8 nitrogen and oxygen atoms in total. The molecule has 2 N–H and O–H groups in total. The van der Waals surface area contributed by atoms with E-state index in [0.29, 0.717) is 0 Å². The van der Waals surface area contributed by atoms with Crippen molar-refractivity contribution in [3.8, 4) is 0 Å². The molecule has 0 aliphatic heterocycles. The molecule has 1 aromatic heterocycles. The van der Waals surface area contributed by atoms with Crippen LogP contribution in [0.5, 0.6) is 0 Å². The van der Waals surface area contributed by atoms with Crippen molar-refractivity contribution in [2.45, 2.75) is 30.7 Å². The van der Waals surface area contributed by atoms with Crippen LogP contribution in [0.4, 0.5) is 5.82 Å². The van der Waals surface area contributed by atoms with Crippen molar-refractivity contribution in [3.63, 3.8) is 0 Å². The minimum Gasteiger partial charge on any atom is -0.396 e. The summed E-state index contributed by atoms with van der Waals surface area (Å²) in [7, 11) is -3.83. The fraction of sp³-hybridized carbons (Fsp3) is 0.500. The van der Waals surface area contributed by atoms with E-state index in [0.717, 1.165) is 18.3 Å². The van der Waals surface area contributed by atoms with Crippen molar-refractivity contribution in [1.82, 2.24) is 9.71 Å². The summed E-state index contributed by atoms with van der Waals surface area (Å²) in [5.41, 5.74) is -0.824. The summed E-state index contributed by atoms with van der Waals surface area (Å²) < 4.78 is 26.4. The monoisotopic (exact) mass is 289 g/mol. The van der Waals surface area contributed by atoms with E-state index in [9.17, 15) is 18.5 Å². The van der Waals surface area contributed by atoms with Crippen LogP contribution in [-0.2, 0) is 10.0 Å². The van der Waals surface area contributed by atoms with Gasteiger partial charge in [0.25, 0.3) is 0 Å². The van der Waals surface area contributed by atoms with E-state index in [1.165, 1.54) is 0 Å². The van der Waals surface area contributed by atoms with Gasteiger partial charge in [-0.05, 0) is 36.2 Å². The highest BCUT2D eigenvalue weighted by Crippen LogP contribution is 2.16. The molecule has 0 spiro atoms. The van der Waals surface area contributed by atoms with Gasteiger partial charge in [-0.3, -0.25) is 0 Å². The molecular weight excluding hydrogens is 274 g/mol. The molecule has 0 bridgehead atoms. The molecule has 0 aliphatic rings. The Bertz CT molecular complexity index is 553. The van der Waals surface area contributed by atoms with Gasteiger partial charge in [0.05, 0.1) is 0 Å². The summed E-state index contributed by atoms with van der Waals surface area (Å²) >= 11 is 0. The first kappa shape index (κ1) is 15.5. The first-order valence-corrected chi connectivity index (χ1v) is 6.91. The van der Waals surface area contributed by atoms with Crippen LogP contribution in [0.2, 0.25) is 0 Å². The third-order valence-corrected chi connectivity index (χ3v) is 4.05. The largest absolute Gasteiger partial charge is 0.396 e. The van der Waals surface area contributed by atoms with Gasteiger partial charge in [0.15, 0.2) is 6.20 Å². The molecule has 0 fully saturated rings. The van der Waals surface area contributed by atoms with Gasteiger partial charge in [-0.15, -0.1) is 0 Å². The number of aliphatic hydroxyl groups excluding tert-OH is 1. The Morgan fingerprint density at radius 1 is 1.47 bits per heavy atom. The van der Waals surface area contributed by atoms with Gasteiger partial charge in [0, 0.05) is 18.2 Å². The summed E-state index contributed by atoms with van der Waals surface area (Å²) in [4.78, 5) is 13.0. The van der Waals surface area contributed by atoms with Crippen molar-refractivity contribution in [3.05, 3.63) is 28.4 Å². The van der Waals surface area contributed by atoms with Crippen LogP contribution in [-0.4, -0.2) is 35.6 Å². The van der Waals surface area contributed by atoms with E-state index in [1.54, 1.807) is 13.8 Å². The van der Waals surface area contributed by atoms with Crippen LogP contribution in [0.3, 0.4) is 0 Å². The molecule has 0 aromatic carbocycles. The molecule has 1 rings (SSSR count). The molecule has 1 heterocycles. The number of pyridine rings is 1. The highest BCUT2D eigenvalue weighted by molar-refractivity contribution is 7.89. The van der Waals surface area contributed by atoms with E-state index < -0.39 is 26.3 Å². The molecule has 106 valence electrons. The zero-order valence-electron chi connectivity index (χ0n) is 10.5. The third kappa shape index (κ3) is 4.23. The van der Waals surface area contributed by atoms with Crippen LogP contribution in [0, 0.1) is 10.1 Å². The zero-order chi connectivity index (χ0) is 14.7. The highest BCUT2D eigenvalue weighted by atomic mass is 32.2. The van der Waals surface area contributed by atoms with E-state index in [1.807, 2.05) is 0 Å². The summed E-state index contributed by atoms with van der Waals surface area (Å²) in [6.45, 7) is 3.09. The van der Waals surface area contributed by atoms with Gasteiger partial charge >= 0.3 is 5.82 Å². The number of aliphatic hydroxyl groups is 1. The van der Waals surface area contributed by atoms with Crippen LogP contribution < -0.4 is 4.72 Å². The molecular formula is C10H15N3O5S. The molecule has 0 unspecified atom stereocenters. The Kier molecular flexibility index (Phi) is 4.56. The number of sulfonamides is 1. The average molecular weight is 289 g/mol. The average Bonchev–Trinajstić information content (AvgIpc) is 2.27. The van der Waals surface area contributed by atoms with Crippen molar-refractivity contribution in [2.75, 3.05) is 6.61 Å². The quantitative estimate of drug-likeness (QED) is 0.578. The first-order chi connectivity index (χ1) is 8.68. The number of nitrogens with one attached hydrogen (secondary N) is 1. The molecule has 0 saturated carbocycles. The van der Waals surface area contributed by atoms with Crippen molar-refractivity contribution < 1.29 is 18.4 Å². The van der Waals surface area contributed by atoms with Gasteiger partial charge in [-0.2, -0.15) is 0 Å². The van der Waals surface area contributed by atoms with E-state index in [-0.39, 0.29) is 17.9 Å². The lowest BCUT2D eigenvalue weighted by Crippen LogP contribution is -2.43. The number of hydrogen-bond acceptors (Lipinski definition) is 6. The molecule has 0 saturated heterocycles. The third-order valence-electron chi connectivity index (χ3n) is 2.37. The lowest BCUT2D eigenvalue weighted by atomic mass is 10.0. The maximum Gasteiger partial charge on any atom is 0.363 e. The second-order valence-corrected chi connectivity index (χ2v) is 6.25. The molecule has 19 heavy (non-hydrogen) atoms. The van der Waals surface area contributed by atoms with Gasteiger partial charge in [-0.25, -0.2) is 13.1 Å². The van der Waals surface area contributed by atoms with Crippen LogP contribution in [0.15, 0.2) is 23.2 Å². The SMILES string of the molecule is CC(C)(CCO)NS(=O)(=O)c1ccc([N+](=O)[O-])nc1. The van der Waals surface area contributed by atoms with Crippen molar-refractivity contribution in [1.29, 1.82) is 0 Å². The normalized spacial score (nSPS) is 12.4. The van der Waals surface area contributed by atoms with Crippen molar-refractivity contribution in [2.24, 2.45) is 0 Å². The van der Waals surface area contributed by atoms with Gasteiger partial charge in [-0.1, -0.05) is 0 Å². The van der Waals surface area contributed by atoms with Gasteiger partial charge in [0.1, 0.15) is 4.90 Å². The second kappa shape index (κ2) is 5.59. The standard InChI is InChI=1S/C10H15N3O5S/c1-10(2,5-6-14)12-19(17,18)8-3-4-9(11-7-8)13(15)16/h3-4,7,12,14H,5-6H2,1-2H3. The van der Waals surface area contributed by atoms with Crippen LogP contribution in [0.25, 0.3) is 0 Å². The topological polar surface area (TPSA) is 122 Å². The minimum absolute atomic E-state index is 0.159. The number of hydrogen-bond donors (Lipinski definition) is 2. The van der Waals surface area contributed by atoms with Gasteiger partial charge < -0.3 is 15.2 Å². The number of nitrogens with zero attached hydrogens (tertiary/aromatic N) is 2. The summed E-state index contributed by atoms with van der Waals surface area (Å²) in [6, 6.07) is 2.14. The number of aromatic nitrogens is 1. The Balaban J connectivity index is 2.98. The second-order valence-electron chi connectivity index (χ2n) is 4.57. The molecule has 0 amide bonds. The lowest BCUT2D eigenvalue weighted by Gasteiger charge is -2.24. The number of rotatable bonds is 6. The van der Waals surface area contributed by atoms with E-state index >= 15 is 0 Å². The van der Waals surface area contributed by atoms with E-state index in [4.69, 9.17) is 5.11 Å². The lowest BCUT2D eigenvalue weighted by molar-refractivity contribution is -0.389. The number of nitro groups is 1. The molecule has 0 aliphatic carbocycles. The minimum atomic E-state index is -3.83. The predicted octanol–water partition coefficient (Wildman–Crippen LogP) is 0.429.